The molecular formula is C11H11ClFNO. The Bertz CT molecular complexity index is 406. The van der Waals surface area contributed by atoms with Crippen molar-refractivity contribution in [1.82, 2.24) is 0 Å². The molecule has 0 radical (unpaired) electrons. The molecule has 0 saturated carbocycles. The smallest absolute Gasteiger partial charge is 0.146 e. The van der Waals surface area contributed by atoms with E-state index in [1.54, 1.807) is 13.0 Å². The molecular weight excluding hydrogens is 217 g/mol. The van der Waals surface area contributed by atoms with Crippen molar-refractivity contribution in [3.05, 3.63) is 35.1 Å². The molecule has 0 spiro atoms. The summed E-state index contributed by atoms with van der Waals surface area (Å²) in [6.45, 7) is 1.73. The summed E-state index contributed by atoms with van der Waals surface area (Å²) in [6.07, 6.45) is 0.567. The van der Waals surface area contributed by atoms with E-state index in [1.807, 2.05) is 6.07 Å². The van der Waals surface area contributed by atoms with Gasteiger partial charge in [-0.15, -0.1) is 11.6 Å². The molecule has 0 saturated heterocycles. The molecule has 0 amide bonds. The van der Waals surface area contributed by atoms with E-state index >= 15 is 0 Å². The number of rotatable bonds is 2. The Balaban J connectivity index is 2.21. The Morgan fingerprint density at radius 2 is 2.40 bits per heavy atom. The summed E-state index contributed by atoms with van der Waals surface area (Å²) < 4.78 is 13.3. The molecule has 1 aromatic carbocycles. The monoisotopic (exact) mass is 227 g/mol. The second-order valence-electron chi connectivity index (χ2n) is 3.59. The lowest BCUT2D eigenvalue weighted by Gasteiger charge is -2.02. The molecule has 15 heavy (non-hydrogen) atoms. The number of halogens is 2. The molecule has 2 nitrogen and oxygen atoms in total. The van der Waals surface area contributed by atoms with Crippen molar-refractivity contribution in [2.45, 2.75) is 19.4 Å². The van der Waals surface area contributed by atoms with Crippen molar-refractivity contribution in [1.29, 1.82) is 0 Å². The Hall–Kier alpha value is -1.09. The largest absolute Gasteiger partial charge is 0.391 e. The van der Waals surface area contributed by atoms with Crippen LogP contribution < -0.4 is 0 Å². The summed E-state index contributed by atoms with van der Waals surface area (Å²) in [5.41, 5.74) is 2.16. The molecule has 1 aliphatic heterocycles. The Morgan fingerprint density at radius 1 is 1.60 bits per heavy atom. The molecule has 0 aliphatic carbocycles. The van der Waals surface area contributed by atoms with Gasteiger partial charge in [-0.05, 0) is 18.6 Å². The summed E-state index contributed by atoms with van der Waals surface area (Å²) in [5.74, 6) is 0.186. The summed E-state index contributed by atoms with van der Waals surface area (Å²) in [4.78, 5) is 5.07. The van der Waals surface area contributed by atoms with Crippen LogP contribution >= 0.6 is 11.6 Å². The van der Waals surface area contributed by atoms with Gasteiger partial charge in [0.1, 0.15) is 11.9 Å². The standard InChI is InChI=1S/C11H11ClFNO/c1-7-2-3-8(4-10(7)13)11-5-9(6-12)15-14-11/h2-4,9H,5-6H2,1H3. The minimum atomic E-state index is -0.218. The topological polar surface area (TPSA) is 21.6 Å². The van der Waals surface area contributed by atoms with Gasteiger partial charge in [0.25, 0.3) is 0 Å². The van der Waals surface area contributed by atoms with E-state index in [1.165, 1.54) is 6.07 Å². The van der Waals surface area contributed by atoms with Gasteiger partial charge in [0.05, 0.1) is 11.6 Å². The van der Waals surface area contributed by atoms with Gasteiger partial charge in [-0.3, -0.25) is 0 Å². The average Bonchev–Trinajstić information content (AvgIpc) is 2.70. The molecule has 2 rings (SSSR count). The van der Waals surface area contributed by atoms with Crippen molar-refractivity contribution < 1.29 is 9.23 Å². The molecule has 0 N–H and O–H groups in total. The second kappa shape index (κ2) is 4.19. The van der Waals surface area contributed by atoms with Crippen LogP contribution in [0, 0.1) is 12.7 Å². The lowest BCUT2D eigenvalue weighted by atomic mass is 10.0. The molecule has 0 bridgehead atoms. The molecule has 0 fully saturated rings. The number of hydrogen-bond acceptors (Lipinski definition) is 2. The van der Waals surface area contributed by atoms with Gasteiger partial charge in [0.15, 0.2) is 0 Å². The third-order valence-electron chi connectivity index (χ3n) is 2.41. The molecule has 1 aliphatic rings. The summed E-state index contributed by atoms with van der Waals surface area (Å²) in [5, 5.41) is 3.89. The first-order valence-corrected chi connectivity index (χ1v) is 5.29. The van der Waals surface area contributed by atoms with Crippen LogP contribution in [0.5, 0.6) is 0 Å². The minimum Gasteiger partial charge on any atom is -0.391 e. The number of oxime groups is 1. The number of aryl methyl sites for hydroxylation is 1. The quantitative estimate of drug-likeness (QED) is 0.712. The van der Waals surface area contributed by atoms with E-state index in [2.05, 4.69) is 5.16 Å². The summed E-state index contributed by atoms with van der Waals surface area (Å²) >= 11 is 5.64. The van der Waals surface area contributed by atoms with Crippen LogP contribution in [-0.2, 0) is 4.84 Å². The minimum absolute atomic E-state index is 0.0777. The van der Waals surface area contributed by atoms with Crippen molar-refractivity contribution >= 4 is 17.3 Å². The van der Waals surface area contributed by atoms with Crippen LogP contribution in [0.1, 0.15) is 17.5 Å². The number of nitrogens with zero attached hydrogens (tertiary/aromatic N) is 1. The maximum absolute atomic E-state index is 13.3. The van der Waals surface area contributed by atoms with E-state index in [4.69, 9.17) is 16.4 Å². The molecule has 1 unspecified atom stereocenters. The van der Waals surface area contributed by atoms with Crippen molar-refractivity contribution in [3.63, 3.8) is 0 Å². The number of alkyl halides is 1. The Kier molecular flexibility index (Phi) is 2.91. The summed E-state index contributed by atoms with van der Waals surface area (Å²) in [7, 11) is 0. The molecule has 1 atom stereocenters. The van der Waals surface area contributed by atoms with Crippen molar-refractivity contribution in [2.75, 3.05) is 5.88 Å². The van der Waals surface area contributed by atoms with Gasteiger partial charge in [-0.2, -0.15) is 0 Å². The van der Waals surface area contributed by atoms with E-state index < -0.39 is 0 Å². The van der Waals surface area contributed by atoms with Crippen LogP contribution in [0.4, 0.5) is 4.39 Å². The SMILES string of the molecule is Cc1ccc(C2=NOC(CCl)C2)cc1F. The van der Waals surface area contributed by atoms with Gasteiger partial charge in [0, 0.05) is 12.0 Å². The van der Waals surface area contributed by atoms with E-state index in [-0.39, 0.29) is 11.9 Å². The highest BCUT2D eigenvalue weighted by atomic mass is 35.5. The zero-order valence-corrected chi connectivity index (χ0v) is 9.09. The molecule has 1 aromatic rings. The highest BCUT2D eigenvalue weighted by Crippen LogP contribution is 2.19. The fraction of sp³-hybridized carbons (Fsp3) is 0.364. The average molecular weight is 228 g/mol. The van der Waals surface area contributed by atoms with Crippen LogP contribution in [0.3, 0.4) is 0 Å². The Morgan fingerprint density at radius 3 is 3.00 bits per heavy atom. The summed E-state index contributed by atoms with van der Waals surface area (Å²) in [6, 6.07) is 5.06. The lowest BCUT2D eigenvalue weighted by Crippen LogP contribution is -2.09. The predicted molar refractivity (Wildman–Crippen MR) is 57.9 cm³/mol. The van der Waals surface area contributed by atoms with E-state index in [0.29, 0.717) is 17.9 Å². The van der Waals surface area contributed by atoms with E-state index in [0.717, 1.165) is 11.3 Å². The molecule has 4 heteroatoms. The van der Waals surface area contributed by atoms with E-state index in [9.17, 15) is 4.39 Å². The van der Waals surface area contributed by atoms with Gasteiger partial charge in [-0.25, -0.2) is 4.39 Å². The zero-order valence-electron chi connectivity index (χ0n) is 8.34. The fourth-order valence-electron chi connectivity index (χ4n) is 1.45. The zero-order chi connectivity index (χ0) is 10.8. The highest BCUT2D eigenvalue weighted by Gasteiger charge is 2.21. The maximum Gasteiger partial charge on any atom is 0.146 e. The van der Waals surface area contributed by atoms with Crippen LogP contribution in [0.15, 0.2) is 23.4 Å². The van der Waals surface area contributed by atoms with Gasteiger partial charge >= 0.3 is 0 Å². The maximum atomic E-state index is 13.3. The first-order chi connectivity index (χ1) is 7.20. The lowest BCUT2D eigenvalue weighted by molar-refractivity contribution is 0.102. The predicted octanol–water partition coefficient (Wildman–Crippen LogP) is 2.87. The van der Waals surface area contributed by atoms with Crippen molar-refractivity contribution in [3.8, 4) is 0 Å². The Labute approximate surface area is 92.7 Å². The van der Waals surface area contributed by atoms with Gasteiger partial charge in [0.2, 0.25) is 0 Å². The van der Waals surface area contributed by atoms with Crippen molar-refractivity contribution in [2.24, 2.45) is 5.16 Å². The second-order valence-corrected chi connectivity index (χ2v) is 3.90. The van der Waals surface area contributed by atoms with Crippen LogP contribution in [0.2, 0.25) is 0 Å². The highest BCUT2D eigenvalue weighted by molar-refractivity contribution is 6.18. The number of benzene rings is 1. The first-order valence-electron chi connectivity index (χ1n) is 4.76. The first kappa shape index (κ1) is 10.4. The third-order valence-corrected chi connectivity index (χ3v) is 2.75. The third kappa shape index (κ3) is 2.12. The normalized spacial score (nSPS) is 19.9. The molecule has 1 heterocycles. The fourth-order valence-corrected chi connectivity index (χ4v) is 1.62. The van der Waals surface area contributed by atoms with Crippen LogP contribution in [-0.4, -0.2) is 17.7 Å². The molecule has 80 valence electrons. The molecule has 0 aromatic heterocycles. The van der Waals surface area contributed by atoms with Crippen LogP contribution in [0.25, 0.3) is 0 Å². The number of hydrogen-bond donors (Lipinski definition) is 0. The van der Waals surface area contributed by atoms with Gasteiger partial charge in [-0.1, -0.05) is 17.3 Å². The van der Waals surface area contributed by atoms with Gasteiger partial charge < -0.3 is 4.84 Å².